The molecule has 164 valence electrons. The van der Waals surface area contributed by atoms with Gasteiger partial charge in [-0.2, -0.15) is 0 Å². The van der Waals surface area contributed by atoms with Crippen molar-refractivity contribution in [3.63, 3.8) is 0 Å². The fourth-order valence-corrected chi connectivity index (χ4v) is 3.65. The highest BCUT2D eigenvalue weighted by molar-refractivity contribution is 6.13. The molecule has 3 aromatic carbocycles. The molecule has 0 saturated carbocycles. The van der Waals surface area contributed by atoms with Gasteiger partial charge >= 0.3 is 6.09 Å². The first-order valence-corrected chi connectivity index (χ1v) is 10.7. The molecule has 0 N–H and O–H groups in total. The monoisotopic (exact) mass is 428 g/mol. The number of carbonyl (C=O) groups is 1. The summed E-state index contributed by atoms with van der Waals surface area (Å²) in [6.45, 7) is 5.97. The van der Waals surface area contributed by atoms with Crippen LogP contribution in [-0.2, 0) is 4.74 Å². The molecule has 0 spiro atoms. The van der Waals surface area contributed by atoms with Gasteiger partial charge < -0.3 is 14.4 Å². The summed E-state index contributed by atoms with van der Waals surface area (Å²) < 4.78 is 11.4. The largest absolute Gasteiger partial charge is 0.491 e. The second-order valence-electron chi connectivity index (χ2n) is 8.83. The molecule has 5 nitrogen and oxygen atoms in total. The van der Waals surface area contributed by atoms with Crippen molar-refractivity contribution >= 4 is 17.5 Å². The minimum atomic E-state index is -0.544. The quantitative estimate of drug-likeness (QED) is 0.468. The van der Waals surface area contributed by atoms with Crippen LogP contribution in [0, 0.1) is 0 Å². The molecule has 1 aliphatic heterocycles. The lowest BCUT2D eigenvalue weighted by molar-refractivity contribution is 0.0201. The van der Waals surface area contributed by atoms with Crippen molar-refractivity contribution in [1.82, 2.24) is 4.90 Å². The predicted molar refractivity (Wildman–Crippen MR) is 127 cm³/mol. The Morgan fingerprint density at radius 2 is 1.56 bits per heavy atom. The van der Waals surface area contributed by atoms with Gasteiger partial charge in [0.2, 0.25) is 0 Å². The van der Waals surface area contributed by atoms with E-state index in [4.69, 9.17) is 14.5 Å². The molecule has 4 rings (SSSR count). The van der Waals surface area contributed by atoms with Gasteiger partial charge in [-0.25, -0.2) is 9.79 Å². The summed E-state index contributed by atoms with van der Waals surface area (Å²) >= 11 is 0. The molecule has 1 aliphatic rings. The summed E-state index contributed by atoms with van der Waals surface area (Å²) in [5, 5.41) is 0. The van der Waals surface area contributed by atoms with E-state index < -0.39 is 5.60 Å². The minimum Gasteiger partial charge on any atom is -0.491 e. The molecular weight excluding hydrogens is 400 g/mol. The molecule has 1 amide bonds. The summed E-state index contributed by atoms with van der Waals surface area (Å²) in [7, 11) is 1.74. The Morgan fingerprint density at radius 3 is 2.12 bits per heavy atom. The Labute approximate surface area is 189 Å². The zero-order chi connectivity index (χ0) is 22.7. The van der Waals surface area contributed by atoms with Gasteiger partial charge in [0.1, 0.15) is 18.0 Å². The molecule has 0 saturated heterocycles. The Hall–Kier alpha value is -3.60. The van der Waals surface area contributed by atoms with Gasteiger partial charge in [0.05, 0.1) is 17.4 Å². The lowest BCUT2D eigenvalue weighted by atomic mass is 10.0. The smallest absolute Gasteiger partial charge is 0.410 e. The summed E-state index contributed by atoms with van der Waals surface area (Å²) in [6, 6.07) is 26.0. The van der Waals surface area contributed by atoms with Crippen molar-refractivity contribution in [2.24, 2.45) is 4.99 Å². The standard InChI is InChI=1S/C27H28N2O3/c1-27(2,3)32-26(30)29(4)23-18-31-24-17-21(15-16-22(23)24)28-25(19-11-7-5-8-12-19)20-13-9-6-10-14-20/h5-17,23H,18H2,1-4H3/t23-/m1/s1. The maximum absolute atomic E-state index is 12.5. The van der Waals surface area contributed by atoms with Crippen molar-refractivity contribution < 1.29 is 14.3 Å². The van der Waals surface area contributed by atoms with Crippen molar-refractivity contribution in [3.8, 4) is 5.75 Å². The Balaban J connectivity index is 1.64. The first-order chi connectivity index (χ1) is 15.3. The zero-order valence-electron chi connectivity index (χ0n) is 18.9. The second kappa shape index (κ2) is 8.87. The molecule has 1 heterocycles. The zero-order valence-corrected chi connectivity index (χ0v) is 18.9. The third-order valence-electron chi connectivity index (χ3n) is 5.24. The van der Waals surface area contributed by atoms with Crippen molar-refractivity contribution in [2.75, 3.05) is 13.7 Å². The molecule has 0 bridgehead atoms. The van der Waals surface area contributed by atoms with E-state index in [0.29, 0.717) is 6.61 Å². The number of ether oxygens (including phenoxy) is 2. The summed E-state index contributed by atoms with van der Waals surface area (Å²) in [4.78, 5) is 19.1. The van der Waals surface area contributed by atoms with E-state index in [-0.39, 0.29) is 12.1 Å². The van der Waals surface area contributed by atoms with E-state index in [2.05, 4.69) is 24.3 Å². The Bertz CT molecular complexity index is 1080. The van der Waals surface area contributed by atoms with Crippen molar-refractivity contribution in [2.45, 2.75) is 32.4 Å². The fraction of sp³-hybridized carbons (Fsp3) is 0.259. The molecular formula is C27H28N2O3. The highest BCUT2D eigenvalue weighted by Crippen LogP contribution is 2.38. The predicted octanol–water partition coefficient (Wildman–Crippen LogP) is 6.16. The van der Waals surface area contributed by atoms with Gasteiger partial charge in [-0.05, 0) is 26.8 Å². The van der Waals surface area contributed by atoms with E-state index in [0.717, 1.165) is 33.8 Å². The van der Waals surface area contributed by atoms with Crippen LogP contribution in [0.1, 0.15) is 43.5 Å². The minimum absolute atomic E-state index is 0.194. The molecule has 0 fully saturated rings. The molecule has 0 aliphatic carbocycles. The molecule has 5 heteroatoms. The number of amides is 1. The van der Waals surface area contributed by atoms with Crippen LogP contribution in [0.5, 0.6) is 5.75 Å². The van der Waals surface area contributed by atoms with Gasteiger partial charge in [0.25, 0.3) is 0 Å². The number of likely N-dealkylation sites (N-methyl/N-ethyl adjacent to an activating group) is 1. The molecule has 1 atom stereocenters. The molecule has 0 unspecified atom stereocenters. The topological polar surface area (TPSA) is 51.1 Å². The number of hydrogen-bond donors (Lipinski definition) is 0. The number of hydrogen-bond acceptors (Lipinski definition) is 4. The van der Waals surface area contributed by atoms with E-state index in [1.54, 1.807) is 11.9 Å². The highest BCUT2D eigenvalue weighted by atomic mass is 16.6. The molecule has 0 aromatic heterocycles. The van der Waals surface area contributed by atoms with Crippen LogP contribution < -0.4 is 4.74 Å². The Morgan fingerprint density at radius 1 is 0.969 bits per heavy atom. The van der Waals surface area contributed by atoms with Gasteiger partial charge in [0.15, 0.2) is 0 Å². The molecule has 32 heavy (non-hydrogen) atoms. The van der Waals surface area contributed by atoms with Crippen molar-refractivity contribution in [1.29, 1.82) is 0 Å². The van der Waals surface area contributed by atoms with E-state index in [1.165, 1.54) is 0 Å². The molecule has 0 radical (unpaired) electrons. The van der Waals surface area contributed by atoms with Crippen LogP contribution >= 0.6 is 0 Å². The van der Waals surface area contributed by atoms with Gasteiger partial charge in [-0.1, -0.05) is 66.7 Å². The number of fused-ring (bicyclic) bond motifs is 1. The lowest BCUT2D eigenvalue weighted by Crippen LogP contribution is -2.37. The highest BCUT2D eigenvalue weighted by Gasteiger charge is 2.32. The van der Waals surface area contributed by atoms with Crippen LogP contribution in [0.3, 0.4) is 0 Å². The van der Waals surface area contributed by atoms with Crippen LogP contribution in [0.25, 0.3) is 0 Å². The third kappa shape index (κ3) is 4.83. The molecule has 3 aromatic rings. The summed E-state index contributed by atoms with van der Waals surface area (Å²) in [5.74, 6) is 0.743. The van der Waals surface area contributed by atoms with Crippen LogP contribution in [0.2, 0.25) is 0 Å². The maximum atomic E-state index is 12.5. The number of carbonyl (C=O) groups excluding carboxylic acids is 1. The van der Waals surface area contributed by atoms with E-state index in [1.807, 2.05) is 75.4 Å². The van der Waals surface area contributed by atoms with Crippen LogP contribution in [-0.4, -0.2) is 36.0 Å². The fourth-order valence-electron chi connectivity index (χ4n) is 3.65. The van der Waals surface area contributed by atoms with Crippen LogP contribution in [0.4, 0.5) is 10.5 Å². The first-order valence-electron chi connectivity index (χ1n) is 10.7. The maximum Gasteiger partial charge on any atom is 0.410 e. The normalized spacial score (nSPS) is 14.8. The number of nitrogens with zero attached hydrogens (tertiary/aromatic N) is 2. The van der Waals surface area contributed by atoms with Crippen LogP contribution in [0.15, 0.2) is 83.9 Å². The third-order valence-corrected chi connectivity index (χ3v) is 5.24. The number of benzene rings is 3. The van der Waals surface area contributed by atoms with Gasteiger partial charge in [0, 0.05) is 29.8 Å². The SMILES string of the molecule is CN(C(=O)OC(C)(C)C)[C@@H]1COc2cc(N=C(c3ccccc3)c3ccccc3)ccc21. The van der Waals surface area contributed by atoms with Gasteiger partial charge in [-0.15, -0.1) is 0 Å². The number of aliphatic imine (C=N–C) groups is 1. The lowest BCUT2D eigenvalue weighted by Gasteiger charge is -2.28. The second-order valence-corrected chi connectivity index (χ2v) is 8.83. The average molecular weight is 429 g/mol. The van der Waals surface area contributed by atoms with E-state index in [9.17, 15) is 4.79 Å². The van der Waals surface area contributed by atoms with Gasteiger partial charge in [-0.3, -0.25) is 0 Å². The summed E-state index contributed by atoms with van der Waals surface area (Å²) in [6.07, 6.45) is -0.364. The number of rotatable bonds is 4. The summed E-state index contributed by atoms with van der Waals surface area (Å²) in [5.41, 5.74) is 4.19. The van der Waals surface area contributed by atoms with Crippen molar-refractivity contribution in [3.05, 3.63) is 95.6 Å². The average Bonchev–Trinajstić information content (AvgIpc) is 3.20. The first kappa shape index (κ1) is 21.6. The van der Waals surface area contributed by atoms with E-state index >= 15 is 0 Å². The Kier molecular flexibility index (Phi) is 5.99.